The maximum Gasteiger partial charge on any atom is 0.328 e. The van der Waals surface area contributed by atoms with Crippen LogP contribution < -0.4 is 0 Å². The number of carbonyl (C=O) groups is 2. The second-order valence-corrected chi connectivity index (χ2v) is 7.89. The van der Waals surface area contributed by atoms with Crippen LogP contribution in [-0.4, -0.2) is 41.0 Å². The summed E-state index contributed by atoms with van der Waals surface area (Å²) in [4.78, 5) is 20.5. The molecule has 162 valence electrons. The molecule has 0 aliphatic heterocycles. The molecule has 0 heterocycles. The van der Waals surface area contributed by atoms with Gasteiger partial charge >= 0.3 is 5.97 Å². The number of phenols is 4. The lowest BCUT2D eigenvalue weighted by Gasteiger charge is -1.97. The van der Waals surface area contributed by atoms with Crippen LogP contribution >= 0.6 is 33.0 Å². The fourth-order valence-electron chi connectivity index (χ4n) is 1.62. The molecule has 5 N–H and O–H groups in total. The molecule has 0 saturated carbocycles. The van der Waals surface area contributed by atoms with E-state index in [4.69, 9.17) is 41.3 Å². The molecule has 2 aromatic carbocycles. The molecule has 12 heteroatoms. The predicted octanol–water partition coefficient (Wildman–Crippen LogP) is 4.11. The smallest absolute Gasteiger partial charge is 0.328 e. The van der Waals surface area contributed by atoms with Gasteiger partial charge in [0.05, 0.1) is 0 Å². The fourth-order valence-corrected chi connectivity index (χ4v) is 1.68. The van der Waals surface area contributed by atoms with Gasteiger partial charge < -0.3 is 25.5 Å². The summed E-state index contributed by atoms with van der Waals surface area (Å²) in [7, 11) is 7.36. The van der Waals surface area contributed by atoms with Gasteiger partial charge in [-0.1, -0.05) is 18.2 Å². The number of halogens is 3. The van der Waals surface area contributed by atoms with Crippen LogP contribution in [0.5, 0.6) is 23.0 Å². The summed E-state index contributed by atoms with van der Waals surface area (Å²) in [5.41, 5.74) is 1.10. The molecule has 0 aliphatic carbocycles. The van der Waals surface area contributed by atoms with E-state index in [1.54, 1.807) is 6.07 Å². The predicted molar refractivity (Wildman–Crippen MR) is 116 cm³/mol. The van der Waals surface area contributed by atoms with Crippen molar-refractivity contribution in [3.05, 3.63) is 59.7 Å². The summed E-state index contributed by atoms with van der Waals surface area (Å²) in [5.74, 6) is -1.99. The number of benzene rings is 2. The highest BCUT2D eigenvalue weighted by Gasteiger charge is 1.98. The molecule has 0 aliphatic rings. The topological polar surface area (TPSA) is 152 Å². The largest absolute Gasteiger partial charge is 0.504 e. The first kappa shape index (κ1) is 27.3. The van der Waals surface area contributed by atoms with E-state index < -0.39 is 20.4 Å². The second-order valence-electron chi connectivity index (χ2n) is 4.99. The number of carboxylic acid groups (broad SMARTS) is 1. The molecular weight excluding hydrogens is 483 g/mol. The van der Waals surface area contributed by atoms with Crippen molar-refractivity contribution in [2.24, 2.45) is 0 Å². The normalized spacial score (nSPS) is 10.3. The molecule has 2 aromatic rings. The van der Waals surface area contributed by atoms with Crippen LogP contribution in [0.4, 0.5) is 0 Å². The highest BCUT2D eigenvalue weighted by atomic mass is 36.0. The Labute approximate surface area is 187 Å². The summed E-state index contributed by atoms with van der Waals surface area (Å²) in [6.07, 6.45) is 4.87. The Morgan fingerprint density at radius 2 is 1.13 bits per heavy atom. The van der Waals surface area contributed by atoms with Crippen LogP contribution in [0.3, 0.4) is 0 Å². The first-order chi connectivity index (χ1) is 13.9. The molecule has 0 unspecified atom stereocenters. The van der Waals surface area contributed by atoms with E-state index in [-0.39, 0.29) is 23.0 Å². The summed E-state index contributed by atoms with van der Waals surface area (Å²) in [5, 5.41) is 43.7. The lowest BCUT2D eigenvalue weighted by atomic mass is 10.2. The molecule has 2 rings (SSSR count). The Kier molecular flexibility index (Phi) is 13.0. The zero-order chi connectivity index (χ0) is 23.3. The Bertz CT molecular complexity index is 885. The van der Waals surface area contributed by atoms with Gasteiger partial charge in [-0.3, -0.25) is 4.79 Å². The van der Waals surface area contributed by atoms with Crippen LogP contribution in [-0.2, 0) is 18.8 Å². The summed E-state index contributed by atoms with van der Waals surface area (Å²) < 4.78 is 9.09. The molecule has 0 spiro atoms. The van der Waals surface area contributed by atoms with Crippen LogP contribution in [0, 0.1) is 0 Å². The standard InChI is InChI=1S/C9H7ClO3.C9H8O4.Cl2OS/c10-9(13)4-2-6-1-3-7(11)8(12)5-6;10-7-3-1-6(5-8(7)11)2-4-9(12)13;1-4(2)3/h1-5,11-12H;1-5,10-11H,(H,12,13);/b2*4-2+;. The fraction of sp³-hybridized carbons (Fsp3) is 0. The third-order valence-corrected chi connectivity index (χ3v) is 2.95. The third-order valence-electron chi connectivity index (χ3n) is 2.82. The van der Waals surface area contributed by atoms with E-state index in [0.29, 0.717) is 11.1 Å². The average molecular weight is 498 g/mol. The minimum absolute atomic E-state index is 0.200. The number of aliphatic carboxylic acids is 1. The maximum atomic E-state index is 10.3. The first-order valence-corrected chi connectivity index (χ1v) is 10.7. The van der Waals surface area contributed by atoms with E-state index in [2.05, 4.69) is 21.4 Å². The maximum absolute atomic E-state index is 10.3. The monoisotopic (exact) mass is 496 g/mol. The lowest BCUT2D eigenvalue weighted by molar-refractivity contribution is -0.131. The van der Waals surface area contributed by atoms with Crippen LogP contribution in [0.25, 0.3) is 12.2 Å². The molecule has 0 saturated heterocycles. The highest BCUT2D eigenvalue weighted by Crippen LogP contribution is 2.26. The molecular formula is C18H15Cl3O8S. The summed E-state index contributed by atoms with van der Waals surface area (Å²) >= 11 is 5.06. The van der Waals surface area contributed by atoms with Crippen LogP contribution in [0.1, 0.15) is 11.1 Å². The van der Waals surface area contributed by atoms with Crippen molar-refractivity contribution in [1.82, 2.24) is 0 Å². The SMILES string of the molecule is O=C(Cl)/C=C/c1ccc(O)c(O)c1.O=C(O)/C=C/c1ccc(O)c(O)c1.O=S(Cl)Cl. The Balaban J connectivity index is 0.000000477. The van der Waals surface area contributed by atoms with Gasteiger partial charge in [-0.25, -0.2) is 9.00 Å². The number of allylic oxidation sites excluding steroid dienone is 1. The zero-order valence-electron chi connectivity index (χ0n) is 14.8. The molecule has 0 bridgehead atoms. The number of aromatic hydroxyl groups is 4. The molecule has 0 radical (unpaired) electrons. The Morgan fingerprint density at radius 3 is 1.43 bits per heavy atom. The number of carboxylic acids is 1. The Morgan fingerprint density at radius 1 is 0.767 bits per heavy atom. The second kappa shape index (κ2) is 14.3. The van der Waals surface area contributed by atoms with Crippen molar-refractivity contribution in [2.45, 2.75) is 0 Å². The highest BCUT2D eigenvalue weighted by molar-refractivity contribution is 8.26. The van der Waals surface area contributed by atoms with Crippen molar-refractivity contribution in [1.29, 1.82) is 0 Å². The van der Waals surface area contributed by atoms with Crippen LogP contribution in [0.15, 0.2) is 48.6 Å². The van der Waals surface area contributed by atoms with Crippen molar-refractivity contribution in [2.75, 3.05) is 0 Å². The molecule has 0 atom stereocenters. The van der Waals surface area contributed by atoms with E-state index in [1.807, 2.05) is 0 Å². The van der Waals surface area contributed by atoms with Crippen molar-refractivity contribution < 1.29 is 39.3 Å². The number of rotatable bonds is 4. The van der Waals surface area contributed by atoms with E-state index in [9.17, 15) is 9.59 Å². The number of hydrogen-bond acceptors (Lipinski definition) is 7. The van der Waals surface area contributed by atoms with Gasteiger partial charge in [-0.2, -0.15) is 0 Å². The van der Waals surface area contributed by atoms with E-state index >= 15 is 0 Å². The molecule has 30 heavy (non-hydrogen) atoms. The summed E-state index contributed by atoms with van der Waals surface area (Å²) in [6, 6.07) is 8.25. The van der Waals surface area contributed by atoms with Gasteiger partial charge in [-0.05, 0) is 59.1 Å². The van der Waals surface area contributed by atoms with E-state index in [0.717, 1.165) is 12.2 Å². The van der Waals surface area contributed by atoms with Gasteiger partial charge in [0.25, 0.3) is 0 Å². The van der Waals surface area contributed by atoms with E-state index in [1.165, 1.54) is 42.5 Å². The lowest BCUT2D eigenvalue weighted by Crippen LogP contribution is -1.85. The number of hydrogen-bond donors (Lipinski definition) is 5. The van der Waals surface area contributed by atoms with Gasteiger partial charge in [0, 0.05) is 27.4 Å². The van der Waals surface area contributed by atoms with Gasteiger partial charge in [0.1, 0.15) is 0 Å². The quantitative estimate of drug-likeness (QED) is 0.240. The van der Waals surface area contributed by atoms with Gasteiger partial charge in [0.2, 0.25) is 14.5 Å². The van der Waals surface area contributed by atoms with Crippen molar-refractivity contribution >= 4 is 65.6 Å². The number of carbonyl (C=O) groups excluding carboxylic acids is 1. The molecule has 0 aromatic heterocycles. The zero-order valence-corrected chi connectivity index (χ0v) is 17.9. The van der Waals surface area contributed by atoms with Gasteiger partial charge in [-0.15, -0.1) is 0 Å². The van der Waals surface area contributed by atoms with Crippen LogP contribution in [0.2, 0.25) is 0 Å². The third kappa shape index (κ3) is 13.5. The first-order valence-electron chi connectivity index (χ1n) is 7.49. The van der Waals surface area contributed by atoms with Gasteiger partial charge in [0.15, 0.2) is 23.0 Å². The Hall–Kier alpha value is -2.72. The van der Waals surface area contributed by atoms with Crippen molar-refractivity contribution in [3.8, 4) is 23.0 Å². The average Bonchev–Trinajstić information content (AvgIpc) is 2.63. The molecule has 0 amide bonds. The molecule has 8 nitrogen and oxygen atoms in total. The minimum Gasteiger partial charge on any atom is -0.504 e. The minimum atomic E-state index is -1.67. The molecule has 0 fully saturated rings. The van der Waals surface area contributed by atoms with Crippen molar-refractivity contribution in [3.63, 3.8) is 0 Å². The number of phenolic OH excluding ortho intramolecular Hbond substituents is 4. The summed E-state index contributed by atoms with van der Waals surface area (Å²) in [6.45, 7) is 0.